The average molecular weight is 256 g/mol. The maximum absolute atomic E-state index is 9.24. The normalized spacial score (nSPS) is 19.0. The number of likely N-dealkylation sites (N-methyl/N-ethyl adjacent to an activating group) is 1. The van der Waals surface area contributed by atoms with Crippen molar-refractivity contribution in [2.75, 3.05) is 26.7 Å². The standard InChI is InChI=1S/C15H32N2O/c1-13(2)8-10-17(15-6-4-5-7-15)11-9-14(12-18)16-3/h13-16,18H,4-12H2,1-3H3. The summed E-state index contributed by atoms with van der Waals surface area (Å²) < 4.78 is 0. The summed E-state index contributed by atoms with van der Waals surface area (Å²) in [5, 5.41) is 12.4. The molecule has 1 fully saturated rings. The zero-order valence-electron chi connectivity index (χ0n) is 12.5. The van der Waals surface area contributed by atoms with Gasteiger partial charge in [-0.3, -0.25) is 0 Å². The summed E-state index contributed by atoms with van der Waals surface area (Å²) >= 11 is 0. The Morgan fingerprint density at radius 1 is 1.17 bits per heavy atom. The molecule has 0 spiro atoms. The lowest BCUT2D eigenvalue weighted by Crippen LogP contribution is -2.39. The second kappa shape index (κ2) is 8.89. The molecule has 0 bridgehead atoms. The molecular formula is C15H32N2O. The van der Waals surface area contributed by atoms with Gasteiger partial charge in [-0.25, -0.2) is 0 Å². The molecule has 0 amide bonds. The second-order valence-electron chi connectivity index (χ2n) is 6.11. The van der Waals surface area contributed by atoms with E-state index in [2.05, 4.69) is 24.1 Å². The molecule has 108 valence electrons. The van der Waals surface area contributed by atoms with Gasteiger partial charge in [0.2, 0.25) is 0 Å². The average Bonchev–Trinajstić information content (AvgIpc) is 2.87. The van der Waals surface area contributed by atoms with Crippen LogP contribution in [-0.2, 0) is 0 Å². The van der Waals surface area contributed by atoms with E-state index in [9.17, 15) is 5.11 Å². The van der Waals surface area contributed by atoms with Gasteiger partial charge in [0.15, 0.2) is 0 Å². The van der Waals surface area contributed by atoms with E-state index < -0.39 is 0 Å². The lowest BCUT2D eigenvalue weighted by Gasteiger charge is -2.30. The molecule has 1 aliphatic carbocycles. The zero-order chi connectivity index (χ0) is 13.4. The third-order valence-corrected chi connectivity index (χ3v) is 4.23. The molecule has 0 saturated heterocycles. The highest BCUT2D eigenvalue weighted by atomic mass is 16.3. The van der Waals surface area contributed by atoms with E-state index in [1.807, 2.05) is 7.05 Å². The SMILES string of the molecule is CNC(CO)CCN(CCC(C)C)C1CCCC1. The minimum atomic E-state index is 0.249. The van der Waals surface area contributed by atoms with Crippen molar-refractivity contribution in [1.29, 1.82) is 0 Å². The monoisotopic (exact) mass is 256 g/mol. The first-order valence-electron chi connectivity index (χ1n) is 7.69. The molecule has 0 heterocycles. The molecule has 0 radical (unpaired) electrons. The van der Waals surface area contributed by atoms with E-state index in [0.717, 1.165) is 24.9 Å². The van der Waals surface area contributed by atoms with Crippen molar-refractivity contribution in [3.8, 4) is 0 Å². The van der Waals surface area contributed by atoms with E-state index in [-0.39, 0.29) is 12.6 Å². The van der Waals surface area contributed by atoms with Crippen molar-refractivity contribution in [3.05, 3.63) is 0 Å². The highest BCUT2D eigenvalue weighted by Crippen LogP contribution is 2.24. The number of nitrogens with one attached hydrogen (secondary N) is 1. The fourth-order valence-electron chi connectivity index (χ4n) is 2.82. The quantitative estimate of drug-likeness (QED) is 0.664. The van der Waals surface area contributed by atoms with Crippen LogP contribution in [0.2, 0.25) is 0 Å². The van der Waals surface area contributed by atoms with Gasteiger partial charge in [0.05, 0.1) is 6.61 Å². The molecule has 3 heteroatoms. The fourth-order valence-corrected chi connectivity index (χ4v) is 2.82. The number of aliphatic hydroxyl groups is 1. The van der Waals surface area contributed by atoms with Gasteiger partial charge in [0.1, 0.15) is 0 Å². The highest BCUT2D eigenvalue weighted by Gasteiger charge is 2.22. The smallest absolute Gasteiger partial charge is 0.0585 e. The summed E-state index contributed by atoms with van der Waals surface area (Å²) in [4.78, 5) is 2.67. The Morgan fingerprint density at radius 2 is 1.78 bits per heavy atom. The Morgan fingerprint density at radius 3 is 2.28 bits per heavy atom. The van der Waals surface area contributed by atoms with Gasteiger partial charge in [0.25, 0.3) is 0 Å². The Bertz CT molecular complexity index is 199. The summed E-state index contributed by atoms with van der Waals surface area (Å²) in [7, 11) is 1.94. The van der Waals surface area contributed by atoms with Crippen LogP contribution in [0.1, 0.15) is 52.4 Å². The van der Waals surface area contributed by atoms with Gasteiger partial charge in [-0.15, -0.1) is 0 Å². The van der Waals surface area contributed by atoms with Crippen LogP contribution in [0.3, 0.4) is 0 Å². The van der Waals surface area contributed by atoms with Crippen molar-refractivity contribution in [2.45, 2.75) is 64.5 Å². The van der Waals surface area contributed by atoms with E-state index in [4.69, 9.17) is 0 Å². The van der Waals surface area contributed by atoms with Gasteiger partial charge in [-0.2, -0.15) is 0 Å². The van der Waals surface area contributed by atoms with Gasteiger partial charge in [0, 0.05) is 12.1 Å². The first kappa shape index (κ1) is 15.9. The van der Waals surface area contributed by atoms with Crippen LogP contribution in [0.15, 0.2) is 0 Å². The molecule has 3 nitrogen and oxygen atoms in total. The summed E-state index contributed by atoms with van der Waals surface area (Å²) in [6.07, 6.45) is 7.90. The molecule has 18 heavy (non-hydrogen) atoms. The first-order valence-corrected chi connectivity index (χ1v) is 7.69. The molecule has 1 rings (SSSR count). The molecule has 0 aromatic rings. The van der Waals surface area contributed by atoms with Crippen LogP contribution in [0.5, 0.6) is 0 Å². The van der Waals surface area contributed by atoms with Gasteiger partial charge in [-0.05, 0) is 51.7 Å². The van der Waals surface area contributed by atoms with Gasteiger partial charge >= 0.3 is 0 Å². The molecule has 0 aromatic carbocycles. The summed E-state index contributed by atoms with van der Waals surface area (Å²) in [6.45, 7) is 7.21. The van der Waals surface area contributed by atoms with Crippen molar-refractivity contribution >= 4 is 0 Å². The fraction of sp³-hybridized carbons (Fsp3) is 1.00. The summed E-state index contributed by atoms with van der Waals surface area (Å²) in [6, 6.07) is 1.06. The molecule has 2 N–H and O–H groups in total. The van der Waals surface area contributed by atoms with E-state index in [1.54, 1.807) is 0 Å². The van der Waals surface area contributed by atoms with E-state index in [0.29, 0.717) is 0 Å². The topological polar surface area (TPSA) is 35.5 Å². The number of aliphatic hydroxyl groups excluding tert-OH is 1. The van der Waals surface area contributed by atoms with Crippen molar-refractivity contribution in [2.24, 2.45) is 5.92 Å². The third-order valence-electron chi connectivity index (χ3n) is 4.23. The first-order chi connectivity index (χ1) is 8.67. The van der Waals surface area contributed by atoms with E-state index in [1.165, 1.54) is 38.6 Å². The number of hydrogen-bond donors (Lipinski definition) is 2. The molecule has 1 saturated carbocycles. The molecule has 1 aliphatic rings. The Balaban J connectivity index is 2.38. The maximum Gasteiger partial charge on any atom is 0.0585 e. The minimum Gasteiger partial charge on any atom is -0.395 e. The Labute approximate surface area is 113 Å². The largest absolute Gasteiger partial charge is 0.395 e. The van der Waals surface area contributed by atoms with Gasteiger partial charge < -0.3 is 15.3 Å². The van der Waals surface area contributed by atoms with Crippen molar-refractivity contribution in [3.63, 3.8) is 0 Å². The predicted octanol–water partition coefficient (Wildman–Crippen LogP) is 2.25. The maximum atomic E-state index is 9.24. The minimum absolute atomic E-state index is 0.249. The third kappa shape index (κ3) is 5.68. The van der Waals surface area contributed by atoms with Crippen LogP contribution < -0.4 is 5.32 Å². The summed E-state index contributed by atoms with van der Waals surface area (Å²) in [5.41, 5.74) is 0. The van der Waals surface area contributed by atoms with Crippen molar-refractivity contribution < 1.29 is 5.11 Å². The molecular weight excluding hydrogens is 224 g/mol. The van der Waals surface area contributed by atoms with Gasteiger partial charge in [-0.1, -0.05) is 26.7 Å². The zero-order valence-corrected chi connectivity index (χ0v) is 12.5. The van der Waals surface area contributed by atoms with Crippen LogP contribution in [0, 0.1) is 5.92 Å². The second-order valence-corrected chi connectivity index (χ2v) is 6.11. The summed E-state index contributed by atoms with van der Waals surface area (Å²) in [5.74, 6) is 0.784. The highest BCUT2D eigenvalue weighted by molar-refractivity contribution is 4.79. The Kier molecular flexibility index (Phi) is 7.87. The molecule has 0 aliphatic heterocycles. The number of hydrogen-bond acceptors (Lipinski definition) is 3. The molecule has 1 atom stereocenters. The lowest BCUT2D eigenvalue weighted by atomic mass is 10.1. The number of nitrogens with zero attached hydrogens (tertiary/aromatic N) is 1. The van der Waals surface area contributed by atoms with E-state index >= 15 is 0 Å². The Hall–Kier alpha value is -0.120. The predicted molar refractivity (Wildman–Crippen MR) is 77.8 cm³/mol. The van der Waals surface area contributed by atoms with Crippen LogP contribution in [0.25, 0.3) is 0 Å². The van der Waals surface area contributed by atoms with Crippen LogP contribution in [0.4, 0.5) is 0 Å². The molecule has 0 aromatic heterocycles. The lowest BCUT2D eigenvalue weighted by molar-refractivity contribution is 0.165. The van der Waals surface area contributed by atoms with Crippen LogP contribution in [-0.4, -0.2) is 48.8 Å². The number of rotatable bonds is 9. The molecule has 1 unspecified atom stereocenters. The van der Waals surface area contributed by atoms with Crippen LogP contribution >= 0.6 is 0 Å². The van der Waals surface area contributed by atoms with Crippen molar-refractivity contribution in [1.82, 2.24) is 10.2 Å².